The number of nitrogens with zero attached hydrogens (tertiary/aromatic N) is 1. The summed E-state index contributed by atoms with van der Waals surface area (Å²) < 4.78 is 27.1. The lowest BCUT2D eigenvalue weighted by Gasteiger charge is -2.09. The Kier molecular flexibility index (Phi) is 4.10. The molecule has 0 spiro atoms. The summed E-state index contributed by atoms with van der Waals surface area (Å²) in [6, 6.07) is 6.59. The highest BCUT2D eigenvalue weighted by molar-refractivity contribution is 7.89. The number of hydrogen-bond acceptors (Lipinski definition) is 6. The van der Waals surface area contributed by atoms with Crippen molar-refractivity contribution >= 4 is 20.8 Å². The van der Waals surface area contributed by atoms with E-state index in [1.54, 1.807) is 24.3 Å². The van der Waals surface area contributed by atoms with Gasteiger partial charge in [0.1, 0.15) is 0 Å². The van der Waals surface area contributed by atoms with Gasteiger partial charge in [0.2, 0.25) is 10.0 Å². The third kappa shape index (κ3) is 3.14. The normalized spacial score (nSPS) is 11.7. The van der Waals surface area contributed by atoms with Crippen molar-refractivity contribution in [1.29, 1.82) is 0 Å². The van der Waals surface area contributed by atoms with Crippen molar-refractivity contribution in [3.8, 4) is 0 Å². The first-order valence-corrected chi connectivity index (χ1v) is 8.57. The minimum atomic E-state index is -4.21. The molecule has 0 radical (unpaired) electrons. The fourth-order valence-corrected chi connectivity index (χ4v) is 3.67. The molecule has 130 valence electrons. The Bertz CT molecular complexity index is 1240. The highest BCUT2D eigenvalue weighted by Crippen LogP contribution is 2.13. The number of benzene rings is 1. The Morgan fingerprint density at radius 1 is 1.04 bits per heavy atom. The summed E-state index contributed by atoms with van der Waals surface area (Å²) in [5.74, 6) is 0. The Labute approximate surface area is 140 Å². The molecule has 0 fully saturated rings. The van der Waals surface area contributed by atoms with Gasteiger partial charge in [0, 0.05) is 11.1 Å². The lowest BCUT2D eigenvalue weighted by molar-refractivity contribution is 0.576. The molecule has 0 atom stereocenters. The van der Waals surface area contributed by atoms with E-state index in [1.165, 1.54) is 6.92 Å². The minimum absolute atomic E-state index is 0.0828. The zero-order valence-corrected chi connectivity index (χ0v) is 13.7. The van der Waals surface area contributed by atoms with Crippen LogP contribution in [0.15, 0.2) is 43.5 Å². The van der Waals surface area contributed by atoms with E-state index >= 15 is 0 Å². The third-order valence-electron chi connectivity index (χ3n) is 3.55. The zero-order chi connectivity index (χ0) is 18.2. The van der Waals surface area contributed by atoms with Gasteiger partial charge in [-0.3, -0.25) is 14.6 Å². The second-order valence-electron chi connectivity index (χ2n) is 5.23. The highest BCUT2D eigenvalue weighted by Gasteiger charge is 2.22. The van der Waals surface area contributed by atoms with E-state index in [1.807, 2.05) is 4.98 Å². The Morgan fingerprint density at radius 2 is 1.72 bits per heavy atom. The van der Waals surface area contributed by atoms with E-state index in [2.05, 4.69) is 19.9 Å². The van der Waals surface area contributed by atoms with E-state index in [-0.39, 0.29) is 17.9 Å². The van der Waals surface area contributed by atoms with Crippen molar-refractivity contribution < 1.29 is 8.42 Å². The predicted octanol–water partition coefficient (Wildman–Crippen LogP) is -0.913. The van der Waals surface area contributed by atoms with Crippen LogP contribution in [-0.2, 0) is 16.6 Å². The molecule has 3 rings (SSSR count). The molecule has 1 aromatic carbocycles. The minimum Gasteiger partial charge on any atom is -0.310 e. The molecule has 10 nitrogen and oxygen atoms in total. The number of aromatic amines is 3. The van der Waals surface area contributed by atoms with Crippen LogP contribution in [0.1, 0.15) is 11.4 Å². The van der Waals surface area contributed by atoms with Crippen LogP contribution in [0.2, 0.25) is 0 Å². The summed E-state index contributed by atoms with van der Waals surface area (Å²) in [5, 5.41) is 7.00. The van der Waals surface area contributed by atoms with Crippen molar-refractivity contribution in [2.75, 3.05) is 0 Å². The van der Waals surface area contributed by atoms with Gasteiger partial charge in [-0.2, -0.15) is 5.10 Å². The molecule has 0 saturated carbocycles. The molecule has 11 heteroatoms. The molecule has 2 heterocycles. The number of H-pyrrole nitrogens is 3. The highest BCUT2D eigenvalue weighted by atomic mass is 32.2. The second-order valence-corrected chi connectivity index (χ2v) is 6.94. The number of fused-ring (bicyclic) bond motifs is 1. The molecule has 4 N–H and O–H groups in total. The summed E-state index contributed by atoms with van der Waals surface area (Å²) in [5.41, 5.74) is -2.00. The van der Waals surface area contributed by atoms with E-state index in [0.717, 1.165) is 0 Å². The molecular formula is C14H13N5O5S. The molecule has 0 aliphatic heterocycles. The first-order chi connectivity index (χ1) is 11.8. The van der Waals surface area contributed by atoms with Crippen LogP contribution in [0.3, 0.4) is 0 Å². The molecule has 0 unspecified atom stereocenters. The van der Waals surface area contributed by atoms with Crippen molar-refractivity contribution in [2.45, 2.75) is 18.4 Å². The first kappa shape index (κ1) is 16.8. The second kappa shape index (κ2) is 6.11. The number of nitrogens with one attached hydrogen (secondary N) is 4. The monoisotopic (exact) mass is 363 g/mol. The third-order valence-corrected chi connectivity index (χ3v) is 5.10. The molecule has 2 aromatic heterocycles. The molecule has 0 aliphatic carbocycles. The van der Waals surface area contributed by atoms with Crippen LogP contribution in [0.4, 0.5) is 0 Å². The fraction of sp³-hybridized carbons (Fsp3) is 0.143. The van der Waals surface area contributed by atoms with Crippen molar-refractivity contribution in [3.05, 3.63) is 66.8 Å². The predicted molar refractivity (Wildman–Crippen MR) is 88.8 cm³/mol. The van der Waals surface area contributed by atoms with Crippen LogP contribution in [0.25, 0.3) is 10.8 Å². The fourth-order valence-electron chi connectivity index (χ4n) is 2.45. The first-order valence-electron chi connectivity index (χ1n) is 7.09. The van der Waals surface area contributed by atoms with Gasteiger partial charge in [-0.25, -0.2) is 23.0 Å². The van der Waals surface area contributed by atoms with Crippen molar-refractivity contribution in [3.63, 3.8) is 0 Å². The number of aryl methyl sites for hydroxylation is 1. The quantitative estimate of drug-likeness (QED) is 0.470. The van der Waals surface area contributed by atoms with Gasteiger partial charge in [0.25, 0.3) is 11.1 Å². The van der Waals surface area contributed by atoms with E-state index in [9.17, 15) is 22.8 Å². The van der Waals surface area contributed by atoms with Crippen LogP contribution >= 0.6 is 0 Å². The van der Waals surface area contributed by atoms with Gasteiger partial charge in [-0.05, 0) is 13.0 Å². The van der Waals surface area contributed by atoms with Gasteiger partial charge in [0.05, 0.1) is 17.6 Å². The average Bonchev–Trinajstić information content (AvgIpc) is 2.53. The van der Waals surface area contributed by atoms with Crippen LogP contribution in [0, 0.1) is 6.92 Å². The maximum Gasteiger partial charge on any atom is 0.325 e. The molecule has 0 aliphatic rings. The van der Waals surface area contributed by atoms with Gasteiger partial charge in [-0.15, -0.1) is 0 Å². The van der Waals surface area contributed by atoms with Crippen LogP contribution in [0.5, 0.6) is 0 Å². The summed E-state index contributed by atoms with van der Waals surface area (Å²) in [7, 11) is -4.21. The summed E-state index contributed by atoms with van der Waals surface area (Å²) in [6.07, 6.45) is 0. The standard InChI is InChI=1S/C14H13N5O5S/c1-7-11(13(21)17-14(22)16-7)25(23,24)15-6-10-8-4-2-3-5-9(8)12(20)19-18-10/h2-5,15H,6H2,1H3,(H,19,20)(H2,16,17,21,22). The van der Waals surface area contributed by atoms with Gasteiger partial charge in [0.15, 0.2) is 4.90 Å². The van der Waals surface area contributed by atoms with E-state index in [0.29, 0.717) is 10.8 Å². The molecule has 0 bridgehead atoms. The van der Waals surface area contributed by atoms with Crippen LogP contribution < -0.4 is 21.5 Å². The lowest BCUT2D eigenvalue weighted by Crippen LogP contribution is -2.34. The maximum atomic E-state index is 12.4. The SMILES string of the molecule is Cc1[nH]c(=O)[nH]c(=O)c1S(=O)(=O)NCc1n[nH]c(=O)c2ccccc12. The largest absolute Gasteiger partial charge is 0.325 e. The molecule has 0 saturated heterocycles. The number of hydrogen-bond donors (Lipinski definition) is 4. The smallest absolute Gasteiger partial charge is 0.310 e. The molecule has 0 amide bonds. The Balaban J connectivity index is 2.00. The van der Waals surface area contributed by atoms with Gasteiger partial charge in [-0.1, -0.05) is 18.2 Å². The van der Waals surface area contributed by atoms with E-state index in [4.69, 9.17) is 0 Å². The van der Waals surface area contributed by atoms with Gasteiger partial charge < -0.3 is 4.98 Å². The van der Waals surface area contributed by atoms with Gasteiger partial charge >= 0.3 is 5.69 Å². The van der Waals surface area contributed by atoms with Crippen molar-refractivity contribution in [2.24, 2.45) is 0 Å². The summed E-state index contributed by atoms with van der Waals surface area (Å²) in [4.78, 5) is 38.3. The number of aromatic nitrogens is 4. The van der Waals surface area contributed by atoms with E-state index < -0.39 is 31.7 Å². The summed E-state index contributed by atoms with van der Waals surface area (Å²) in [6.45, 7) is 1.05. The maximum absolute atomic E-state index is 12.4. The number of rotatable bonds is 4. The number of sulfonamides is 1. The Hall–Kier alpha value is -3.05. The summed E-state index contributed by atoms with van der Waals surface area (Å²) >= 11 is 0. The lowest BCUT2D eigenvalue weighted by atomic mass is 10.1. The Morgan fingerprint density at radius 3 is 2.40 bits per heavy atom. The molecule has 3 aromatic rings. The molecular weight excluding hydrogens is 350 g/mol. The molecule has 25 heavy (non-hydrogen) atoms. The zero-order valence-electron chi connectivity index (χ0n) is 12.9. The van der Waals surface area contributed by atoms with Crippen LogP contribution in [-0.4, -0.2) is 28.6 Å². The topological polar surface area (TPSA) is 158 Å². The average molecular weight is 363 g/mol. The van der Waals surface area contributed by atoms with Crippen molar-refractivity contribution in [1.82, 2.24) is 24.9 Å².